The molecule has 0 aliphatic heterocycles. The fourth-order valence-corrected chi connectivity index (χ4v) is 1.39. The number of aryl methyl sites for hydroxylation is 1. The number of rotatable bonds is 2. The van der Waals surface area contributed by atoms with Crippen LogP contribution in [0.5, 0.6) is 0 Å². The molecule has 1 aromatic carbocycles. The highest BCUT2D eigenvalue weighted by atomic mass is 16.5. The van der Waals surface area contributed by atoms with Gasteiger partial charge in [0.1, 0.15) is 5.69 Å². The first-order valence-electron chi connectivity index (χ1n) is 4.96. The summed E-state index contributed by atoms with van der Waals surface area (Å²) in [6.45, 7) is 4.02. The Morgan fingerprint density at radius 1 is 1.20 bits per heavy atom. The van der Waals surface area contributed by atoms with E-state index in [1.807, 2.05) is 37.3 Å². The molecule has 2 rings (SSSR count). The smallest absolute Gasteiger partial charge is 0.159 e. The lowest BCUT2D eigenvalue weighted by Crippen LogP contribution is -1.76. The van der Waals surface area contributed by atoms with E-state index >= 15 is 0 Å². The number of aromatic nitrogens is 1. The molecule has 76 valence electrons. The summed E-state index contributed by atoms with van der Waals surface area (Å²) >= 11 is 0. The first-order valence-corrected chi connectivity index (χ1v) is 4.96. The maximum Gasteiger partial charge on any atom is 0.159 e. The Bertz CT molecular complexity index is 466. The van der Waals surface area contributed by atoms with Gasteiger partial charge < -0.3 is 4.52 Å². The van der Waals surface area contributed by atoms with Gasteiger partial charge in [-0.15, -0.1) is 0 Å². The second-order valence-electron chi connectivity index (χ2n) is 3.48. The second kappa shape index (κ2) is 4.13. The highest BCUT2D eigenvalue weighted by molar-refractivity contribution is 5.61. The van der Waals surface area contributed by atoms with Crippen LogP contribution < -0.4 is 0 Å². The van der Waals surface area contributed by atoms with Crippen LogP contribution in [0.15, 0.2) is 40.9 Å². The van der Waals surface area contributed by atoms with E-state index in [1.54, 1.807) is 0 Å². The van der Waals surface area contributed by atoms with Gasteiger partial charge in [-0.1, -0.05) is 41.1 Å². The van der Waals surface area contributed by atoms with Gasteiger partial charge in [0.15, 0.2) is 5.76 Å². The van der Waals surface area contributed by atoms with Gasteiger partial charge in [-0.25, -0.2) is 0 Å². The first-order chi connectivity index (χ1) is 7.29. The summed E-state index contributed by atoms with van der Waals surface area (Å²) in [6, 6.07) is 10.2. The highest BCUT2D eigenvalue weighted by Crippen LogP contribution is 2.19. The number of benzene rings is 1. The molecule has 0 aliphatic rings. The molecule has 0 fully saturated rings. The van der Waals surface area contributed by atoms with Crippen LogP contribution >= 0.6 is 0 Å². The third-order valence-electron chi connectivity index (χ3n) is 2.21. The maximum absolute atomic E-state index is 5.15. The van der Waals surface area contributed by atoms with Crippen molar-refractivity contribution in [3.8, 4) is 11.3 Å². The number of hydrogen-bond donors (Lipinski definition) is 0. The van der Waals surface area contributed by atoms with Gasteiger partial charge in [-0.05, 0) is 19.9 Å². The van der Waals surface area contributed by atoms with Gasteiger partial charge in [0.25, 0.3) is 0 Å². The van der Waals surface area contributed by atoms with Gasteiger partial charge >= 0.3 is 0 Å². The van der Waals surface area contributed by atoms with E-state index in [0.29, 0.717) is 0 Å². The van der Waals surface area contributed by atoms with E-state index in [4.69, 9.17) is 4.52 Å². The third-order valence-corrected chi connectivity index (χ3v) is 2.21. The van der Waals surface area contributed by atoms with Gasteiger partial charge in [0.2, 0.25) is 0 Å². The van der Waals surface area contributed by atoms with Crippen LogP contribution in [-0.4, -0.2) is 5.16 Å². The van der Waals surface area contributed by atoms with E-state index in [-0.39, 0.29) is 0 Å². The van der Waals surface area contributed by atoms with Crippen LogP contribution in [-0.2, 0) is 0 Å². The first kappa shape index (κ1) is 9.71. The minimum Gasteiger partial charge on any atom is -0.356 e. The second-order valence-corrected chi connectivity index (χ2v) is 3.48. The van der Waals surface area contributed by atoms with Crippen molar-refractivity contribution in [2.75, 3.05) is 0 Å². The summed E-state index contributed by atoms with van der Waals surface area (Å²) in [5.41, 5.74) is 3.21. The Labute approximate surface area is 89.2 Å². The normalized spacial score (nSPS) is 11.1. The molecule has 0 spiro atoms. The van der Waals surface area contributed by atoms with Crippen LogP contribution in [0.1, 0.15) is 18.2 Å². The van der Waals surface area contributed by atoms with Crippen molar-refractivity contribution < 1.29 is 4.52 Å². The predicted molar refractivity (Wildman–Crippen MR) is 61.4 cm³/mol. The molecule has 2 aromatic rings. The Morgan fingerprint density at radius 3 is 2.60 bits per heavy atom. The lowest BCUT2D eigenvalue weighted by Gasteiger charge is -1.95. The van der Waals surface area contributed by atoms with Crippen molar-refractivity contribution in [1.29, 1.82) is 0 Å². The topological polar surface area (TPSA) is 26.0 Å². The van der Waals surface area contributed by atoms with Crippen molar-refractivity contribution >= 4 is 6.08 Å². The zero-order valence-corrected chi connectivity index (χ0v) is 8.90. The minimum absolute atomic E-state index is 0.785. The molecule has 0 unspecified atom stereocenters. The lowest BCUT2D eigenvalue weighted by molar-refractivity contribution is 0.415. The van der Waals surface area contributed by atoms with Crippen LogP contribution in [0.3, 0.4) is 0 Å². The molecule has 0 N–H and O–H groups in total. The molecule has 2 nitrogen and oxygen atoms in total. The van der Waals surface area contributed by atoms with Crippen LogP contribution in [0.25, 0.3) is 17.3 Å². The molecule has 0 saturated carbocycles. The average Bonchev–Trinajstić information content (AvgIpc) is 2.68. The maximum atomic E-state index is 5.15. The number of hydrogen-bond acceptors (Lipinski definition) is 2. The summed E-state index contributed by atoms with van der Waals surface area (Å²) in [5.74, 6) is 0.785. The molecule has 0 amide bonds. The fourth-order valence-electron chi connectivity index (χ4n) is 1.39. The molecular formula is C13H13NO. The van der Waals surface area contributed by atoms with Crippen LogP contribution in [0.2, 0.25) is 0 Å². The standard InChI is InChI=1S/C13H13NO/c1-3-4-12-9-13(14-15-12)11-7-5-10(2)6-8-11/h3-9H,1-2H3/b4-3+. The largest absolute Gasteiger partial charge is 0.356 e. The van der Waals surface area contributed by atoms with Crippen molar-refractivity contribution in [3.63, 3.8) is 0 Å². The zero-order chi connectivity index (χ0) is 10.7. The molecule has 1 aromatic heterocycles. The van der Waals surface area contributed by atoms with Gasteiger partial charge in [-0.3, -0.25) is 0 Å². The van der Waals surface area contributed by atoms with Gasteiger partial charge in [0, 0.05) is 11.6 Å². The summed E-state index contributed by atoms with van der Waals surface area (Å²) in [4.78, 5) is 0. The van der Waals surface area contributed by atoms with Crippen LogP contribution in [0, 0.1) is 6.92 Å². The summed E-state index contributed by atoms with van der Waals surface area (Å²) < 4.78 is 5.15. The fraction of sp³-hybridized carbons (Fsp3) is 0.154. The zero-order valence-electron chi connectivity index (χ0n) is 8.90. The lowest BCUT2D eigenvalue weighted by atomic mass is 10.1. The van der Waals surface area contributed by atoms with Crippen molar-refractivity contribution in [1.82, 2.24) is 5.16 Å². The molecule has 0 saturated heterocycles. The van der Waals surface area contributed by atoms with Crippen molar-refractivity contribution in [3.05, 3.63) is 47.7 Å². The molecule has 1 heterocycles. The van der Waals surface area contributed by atoms with E-state index < -0.39 is 0 Å². The number of allylic oxidation sites excluding steroid dienone is 1. The monoisotopic (exact) mass is 199 g/mol. The van der Waals surface area contributed by atoms with Gasteiger partial charge in [0.05, 0.1) is 0 Å². The highest BCUT2D eigenvalue weighted by Gasteiger charge is 2.03. The van der Waals surface area contributed by atoms with E-state index in [1.165, 1.54) is 5.56 Å². The Balaban J connectivity index is 2.33. The summed E-state index contributed by atoms with van der Waals surface area (Å²) in [7, 11) is 0. The minimum atomic E-state index is 0.785. The Morgan fingerprint density at radius 2 is 1.93 bits per heavy atom. The predicted octanol–water partition coefficient (Wildman–Crippen LogP) is 3.68. The van der Waals surface area contributed by atoms with Crippen LogP contribution in [0.4, 0.5) is 0 Å². The van der Waals surface area contributed by atoms with Gasteiger partial charge in [-0.2, -0.15) is 0 Å². The molecule has 2 heteroatoms. The number of nitrogens with zero attached hydrogens (tertiary/aromatic N) is 1. The van der Waals surface area contributed by atoms with E-state index in [0.717, 1.165) is 17.0 Å². The van der Waals surface area contributed by atoms with E-state index in [2.05, 4.69) is 24.2 Å². The van der Waals surface area contributed by atoms with E-state index in [9.17, 15) is 0 Å². The summed E-state index contributed by atoms with van der Waals surface area (Å²) in [5, 5.41) is 4.01. The van der Waals surface area contributed by atoms with Crippen molar-refractivity contribution in [2.45, 2.75) is 13.8 Å². The molecule has 0 bridgehead atoms. The molecular weight excluding hydrogens is 186 g/mol. The quantitative estimate of drug-likeness (QED) is 0.737. The summed E-state index contributed by atoms with van der Waals surface area (Å²) in [6.07, 6.45) is 3.82. The van der Waals surface area contributed by atoms with Crippen molar-refractivity contribution in [2.24, 2.45) is 0 Å². The SMILES string of the molecule is C/C=C/c1cc(-c2ccc(C)cc2)no1. The molecule has 0 aliphatic carbocycles. The molecule has 15 heavy (non-hydrogen) atoms. The average molecular weight is 199 g/mol. The molecule has 0 radical (unpaired) electrons. The Hall–Kier alpha value is -1.83. The molecule has 0 atom stereocenters. The Kier molecular flexibility index (Phi) is 2.68. The third kappa shape index (κ3) is 2.15.